The first kappa shape index (κ1) is 21.0. The molecule has 138 valence electrons. The second-order valence-electron chi connectivity index (χ2n) is 5.39. The van der Waals surface area contributed by atoms with Crippen molar-refractivity contribution < 1.29 is 35.5 Å². The van der Waals surface area contributed by atoms with E-state index >= 15 is 0 Å². The van der Waals surface area contributed by atoms with E-state index in [1.165, 1.54) is 0 Å². The molecule has 0 radical (unpaired) electrons. The van der Waals surface area contributed by atoms with Gasteiger partial charge in [-0.1, -0.05) is 0 Å². The topological polar surface area (TPSA) is 35.2 Å². The van der Waals surface area contributed by atoms with Gasteiger partial charge in [0.25, 0.3) is 0 Å². The van der Waals surface area contributed by atoms with Crippen LogP contribution in [0.4, 0.5) is 30.7 Å². The van der Waals surface area contributed by atoms with E-state index < -0.39 is 46.8 Å². The van der Waals surface area contributed by atoms with Gasteiger partial charge in [-0.05, 0) is 30.9 Å². The van der Waals surface area contributed by atoms with Crippen LogP contribution in [-0.4, -0.2) is 13.2 Å². The Morgan fingerprint density at radius 2 is 1.54 bits per heavy atom. The quantitative estimate of drug-likeness (QED) is 0.753. The number of hydrogen-bond donors (Lipinski definition) is 1. The van der Waals surface area contributed by atoms with Gasteiger partial charge in [0.2, 0.25) is 0 Å². The van der Waals surface area contributed by atoms with Gasteiger partial charge in [0, 0.05) is 24.8 Å². The number of alkyl halides is 6. The molecule has 0 bridgehead atoms. The number of halogens is 8. The molecule has 0 saturated carbocycles. The van der Waals surface area contributed by atoms with Crippen molar-refractivity contribution in [1.82, 2.24) is 0 Å². The molecule has 1 aliphatic rings. The third-order valence-corrected chi connectivity index (χ3v) is 3.87. The standard InChI is InChI=1S/C14H14F7NO.ClH/c15-10-6-8(13(16,17)18)5-9(14(19,20)21)11(10)12(22)7-1-3-23-4-2-7;/h5-7,12H,1-4,22H2;1H/t12-;/m1./s1. The first-order valence-electron chi connectivity index (χ1n) is 6.83. The molecular weight excluding hydrogens is 367 g/mol. The van der Waals surface area contributed by atoms with E-state index in [2.05, 4.69) is 0 Å². The SMILES string of the molecule is Cl.N[C@@H](c1c(F)cc(C(F)(F)F)cc1C(F)(F)F)C1CCOCC1. The van der Waals surface area contributed by atoms with E-state index in [-0.39, 0.29) is 37.8 Å². The zero-order chi connectivity index (χ0) is 17.4. The average molecular weight is 382 g/mol. The molecule has 2 N–H and O–H groups in total. The van der Waals surface area contributed by atoms with Crippen molar-refractivity contribution in [2.75, 3.05) is 13.2 Å². The molecule has 0 aliphatic carbocycles. The second kappa shape index (κ2) is 7.45. The highest BCUT2D eigenvalue weighted by atomic mass is 35.5. The van der Waals surface area contributed by atoms with E-state index in [9.17, 15) is 30.7 Å². The van der Waals surface area contributed by atoms with Gasteiger partial charge in [0.05, 0.1) is 11.1 Å². The van der Waals surface area contributed by atoms with Crippen molar-refractivity contribution >= 4 is 12.4 Å². The molecule has 1 fully saturated rings. The van der Waals surface area contributed by atoms with E-state index in [1.807, 2.05) is 0 Å². The summed E-state index contributed by atoms with van der Waals surface area (Å²) in [6.45, 7) is 0.532. The maximum atomic E-state index is 14.1. The fourth-order valence-corrected chi connectivity index (χ4v) is 2.67. The second-order valence-corrected chi connectivity index (χ2v) is 5.39. The molecule has 24 heavy (non-hydrogen) atoms. The zero-order valence-corrected chi connectivity index (χ0v) is 13.0. The van der Waals surface area contributed by atoms with Crippen LogP contribution in [0.5, 0.6) is 0 Å². The van der Waals surface area contributed by atoms with Crippen LogP contribution in [0, 0.1) is 11.7 Å². The molecule has 0 unspecified atom stereocenters. The summed E-state index contributed by atoms with van der Waals surface area (Å²) in [7, 11) is 0. The van der Waals surface area contributed by atoms with Crippen LogP contribution in [0.1, 0.15) is 35.6 Å². The van der Waals surface area contributed by atoms with Crippen LogP contribution in [0.2, 0.25) is 0 Å². The van der Waals surface area contributed by atoms with Crippen molar-refractivity contribution in [1.29, 1.82) is 0 Å². The Morgan fingerprint density at radius 1 is 1.00 bits per heavy atom. The fraction of sp³-hybridized carbons (Fsp3) is 0.571. The van der Waals surface area contributed by atoms with Crippen LogP contribution < -0.4 is 5.73 Å². The van der Waals surface area contributed by atoms with E-state index in [4.69, 9.17) is 10.5 Å². The third kappa shape index (κ3) is 4.52. The van der Waals surface area contributed by atoms with Gasteiger partial charge < -0.3 is 10.5 Å². The van der Waals surface area contributed by atoms with Gasteiger partial charge in [0.15, 0.2) is 0 Å². The maximum absolute atomic E-state index is 14.1. The zero-order valence-electron chi connectivity index (χ0n) is 12.2. The number of ether oxygens (including phenoxy) is 1. The van der Waals surface area contributed by atoms with E-state index in [0.29, 0.717) is 12.8 Å². The molecule has 1 aliphatic heterocycles. The number of nitrogens with two attached hydrogens (primary N) is 1. The lowest BCUT2D eigenvalue weighted by molar-refractivity contribution is -0.144. The highest BCUT2D eigenvalue weighted by Gasteiger charge is 2.42. The van der Waals surface area contributed by atoms with Crippen LogP contribution in [0.3, 0.4) is 0 Å². The highest BCUT2D eigenvalue weighted by Crippen LogP contribution is 2.42. The summed E-state index contributed by atoms with van der Waals surface area (Å²) in [5.74, 6) is -2.08. The maximum Gasteiger partial charge on any atom is 0.416 e. The minimum absolute atomic E-state index is 0. The first-order valence-corrected chi connectivity index (χ1v) is 6.83. The molecular formula is C14H15ClF7NO. The third-order valence-electron chi connectivity index (χ3n) is 3.87. The molecule has 0 spiro atoms. The predicted octanol–water partition coefficient (Wildman–Crippen LogP) is 4.71. The van der Waals surface area contributed by atoms with Crippen molar-refractivity contribution in [2.24, 2.45) is 11.7 Å². The van der Waals surface area contributed by atoms with Gasteiger partial charge in [-0.15, -0.1) is 12.4 Å². The van der Waals surface area contributed by atoms with Crippen LogP contribution in [0.25, 0.3) is 0 Å². The molecule has 1 saturated heterocycles. The Hall–Kier alpha value is -1.06. The monoisotopic (exact) mass is 381 g/mol. The summed E-state index contributed by atoms with van der Waals surface area (Å²) in [4.78, 5) is 0. The Morgan fingerprint density at radius 3 is 2.00 bits per heavy atom. The summed E-state index contributed by atoms with van der Waals surface area (Å²) >= 11 is 0. The van der Waals surface area contributed by atoms with Crippen molar-refractivity contribution in [3.05, 3.63) is 34.6 Å². The Balaban J connectivity index is 0.00000288. The van der Waals surface area contributed by atoms with E-state index in [0.717, 1.165) is 0 Å². The highest BCUT2D eigenvalue weighted by molar-refractivity contribution is 5.85. The lowest BCUT2D eigenvalue weighted by Gasteiger charge is -2.30. The number of hydrogen-bond acceptors (Lipinski definition) is 2. The summed E-state index contributed by atoms with van der Waals surface area (Å²) in [5.41, 5.74) is 1.46. The van der Waals surface area contributed by atoms with Gasteiger partial charge in [-0.2, -0.15) is 26.3 Å². The minimum Gasteiger partial charge on any atom is -0.381 e. The fourth-order valence-electron chi connectivity index (χ4n) is 2.67. The summed E-state index contributed by atoms with van der Waals surface area (Å²) < 4.78 is 96.4. The smallest absolute Gasteiger partial charge is 0.381 e. The summed E-state index contributed by atoms with van der Waals surface area (Å²) in [5, 5.41) is 0. The van der Waals surface area contributed by atoms with Crippen LogP contribution in [0.15, 0.2) is 12.1 Å². The Bertz CT molecular complexity index is 567. The Labute approximate surface area is 139 Å². The van der Waals surface area contributed by atoms with Gasteiger partial charge in [0.1, 0.15) is 5.82 Å². The number of benzene rings is 1. The van der Waals surface area contributed by atoms with Crippen LogP contribution >= 0.6 is 12.4 Å². The molecule has 1 heterocycles. The molecule has 1 aromatic rings. The summed E-state index contributed by atoms with van der Waals surface area (Å²) in [6, 6.07) is -1.38. The molecule has 1 aromatic carbocycles. The predicted molar refractivity (Wildman–Crippen MR) is 74.1 cm³/mol. The molecule has 2 nitrogen and oxygen atoms in total. The molecule has 1 atom stereocenters. The van der Waals surface area contributed by atoms with Crippen LogP contribution in [-0.2, 0) is 17.1 Å². The largest absolute Gasteiger partial charge is 0.416 e. The lowest BCUT2D eigenvalue weighted by atomic mass is 9.84. The molecule has 0 amide bonds. The van der Waals surface area contributed by atoms with Gasteiger partial charge in [-0.25, -0.2) is 4.39 Å². The molecule has 2 rings (SSSR count). The average Bonchev–Trinajstić information content (AvgIpc) is 2.44. The Kier molecular flexibility index (Phi) is 6.51. The van der Waals surface area contributed by atoms with Gasteiger partial charge >= 0.3 is 12.4 Å². The lowest BCUT2D eigenvalue weighted by Crippen LogP contribution is -2.30. The normalized spacial score (nSPS) is 18.2. The van der Waals surface area contributed by atoms with E-state index in [1.54, 1.807) is 0 Å². The number of rotatable bonds is 2. The summed E-state index contributed by atoms with van der Waals surface area (Å²) in [6.07, 6.45) is -9.58. The van der Waals surface area contributed by atoms with Crippen molar-refractivity contribution in [3.63, 3.8) is 0 Å². The van der Waals surface area contributed by atoms with Gasteiger partial charge in [-0.3, -0.25) is 0 Å². The molecule has 10 heteroatoms. The van der Waals surface area contributed by atoms with Crippen molar-refractivity contribution in [3.8, 4) is 0 Å². The van der Waals surface area contributed by atoms with Crippen molar-refractivity contribution in [2.45, 2.75) is 31.2 Å². The first-order chi connectivity index (χ1) is 10.5. The molecule has 0 aromatic heterocycles. The minimum atomic E-state index is -5.14.